The van der Waals surface area contributed by atoms with Crippen LogP contribution in [0.15, 0.2) is 48.5 Å². The molecule has 0 unspecified atom stereocenters. The van der Waals surface area contributed by atoms with Gasteiger partial charge in [0.15, 0.2) is 0 Å². The van der Waals surface area contributed by atoms with E-state index in [9.17, 15) is 18.8 Å². The number of rotatable bonds is 5. The van der Waals surface area contributed by atoms with Crippen LogP contribution in [0.2, 0.25) is 0 Å². The zero-order chi connectivity index (χ0) is 18.4. The third kappa shape index (κ3) is 5.31. The second kappa shape index (κ2) is 7.91. The molecule has 130 valence electrons. The van der Waals surface area contributed by atoms with Gasteiger partial charge in [-0.25, -0.2) is 9.18 Å². The standard InChI is InChI=1S/C17H17FN4O3/c1-22(10-15(23)20-13-7-5-12(18)6-8-13)16(24)11-3-2-4-14(9-11)21-17(19)25/h2-9H,10H2,1H3,(H,20,23)(H3,19,21,25). The molecule has 7 nitrogen and oxygen atoms in total. The van der Waals surface area contributed by atoms with Crippen LogP contribution in [0, 0.1) is 5.82 Å². The van der Waals surface area contributed by atoms with Gasteiger partial charge in [0.2, 0.25) is 5.91 Å². The first-order valence-corrected chi connectivity index (χ1v) is 7.32. The number of nitrogens with two attached hydrogens (primary N) is 1. The summed E-state index contributed by atoms with van der Waals surface area (Å²) in [6, 6.07) is 10.8. The quantitative estimate of drug-likeness (QED) is 0.773. The SMILES string of the molecule is CN(CC(=O)Nc1ccc(F)cc1)C(=O)c1cccc(NC(N)=O)c1. The van der Waals surface area contributed by atoms with E-state index < -0.39 is 23.7 Å². The number of nitrogens with zero attached hydrogens (tertiary/aromatic N) is 1. The summed E-state index contributed by atoms with van der Waals surface area (Å²) < 4.78 is 12.8. The first kappa shape index (κ1) is 17.9. The van der Waals surface area contributed by atoms with Crippen molar-refractivity contribution in [3.8, 4) is 0 Å². The van der Waals surface area contributed by atoms with Crippen molar-refractivity contribution >= 4 is 29.2 Å². The summed E-state index contributed by atoms with van der Waals surface area (Å²) in [6.45, 7) is -0.191. The van der Waals surface area contributed by atoms with Crippen LogP contribution in [0.3, 0.4) is 0 Å². The van der Waals surface area contributed by atoms with Crippen LogP contribution < -0.4 is 16.4 Å². The lowest BCUT2D eigenvalue weighted by atomic mass is 10.1. The minimum atomic E-state index is -0.739. The molecule has 0 aliphatic carbocycles. The Kier molecular flexibility index (Phi) is 5.67. The van der Waals surface area contributed by atoms with E-state index in [0.717, 1.165) is 0 Å². The van der Waals surface area contributed by atoms with Gasteiger partial charge >= 0.3 is 6.03 Å². The van der Waals surface area contributed by atoms with Crippen LogP contribution in [-0.4, -0.2) is 36.3 Å². The summed E-state index contributed by atoms with van der Waals surface area (Å²) in [6.07, 6.45) is 0. The van der Waals surface area contributed by atoms with Gasteiger partial charge in [0, 0.05) is 24.0 Å². The predicted molar refractivity (Wildman–Crippen MR) is 91.6 cm³/mol. The summed E-state index contributed by atoms with van der Waals surface area (Å²) >= 11 is 0. The average Bonchev–Trinajstić information content (AvgIpc) is 2.55. The monoisotopic (exact) mass is 344 g/mol. The molecule has 25 heavy (non-hydrogen) atoms. The number of benzene rings is 2. The number of primary amides is 1. The number of nitrogens with one attached hydrogen (secondary N) is 2. The zero-order valence-corrected chi connectivity index (χ0v) is 13.5. The van der Waals surface area contributed by atoms with Gasteiger partial charge < -0.3 is 21.3 Å². The fraction of sp³-hybridized carbons (Fsp3) is 0.118. The van der Waals surface area contributed by atoms with Crippen molar-refractivity contribution in [3.63, 3.8) is 0 Å². The average molecular weight is 344 g/mol. The fourth-order valence-corrected chi connectivity index (χ4v) is 2.11. The van der Waals surface area contributed by atoms with E-state index in [0.29, 0.717) is 16.9 Å². The molecule has 2 aromatic rings. The molecule has 2 rings (SSSR count). The molecule has 0 radical (unpaired) electrons. The zero-order valence-electron chi connectivity index (χ0n) is 13.5. The molecule has 0 atom stereocenters. The number of likely N-dealkylation sites (N-methyl/N-ethyl adjacent to an activating group) is 1. The molecular formula is C17H17FN4O3. The lowest BCUT2D eigenvalue weighted by molar-refractivity contribution is -0.116. The van der Waals surface area contributed by atoms with E-state index >= 15 is 0 Å². The molecule has 0 bridgehead atoms. The highest BCUT2D eigenvalue weighted by molar-refractivity contribution is 6.00. The fourth-order valence-electron chi connectivity index (χ4n) is 2.11. The van der Waals surface area contributed by atoms with Gasteiger partial charge in [-0.1, -0.05) is 6.07 Å². The Morgan fingerprint density at radius 1 is 1.04 bits per heavy atom. The van der Waals surface area contributed by atoms with Gasteiger partial charge in [-0.3, -0.25) is 9.59 Å². The van der Waals surface area contributed by atoms with Crippen molar-refractivity contribution in [2.45, 2.75) is 0 Å². The molecule has 0 saturated heterocycles. The first-order valence-electron chi connectivity index (χ1n) is 7.32. The van der Waals surface area contributed by atoms with Crippen molar-refractivity contribution in [3.05, 3.63) is 59.9 Å². The molecule has 0 saturated carbocycles. The molecule has 0 aliphatic rings. The van der Waals surface area contributed by atoms with E-state index in [1.54, 1.807) is 18.2 Å². The molecule has 0 aromatic heterocycles. The van der Waals surface area contributed by atoms with E-state index in [-0.39, 0.29) is 6.54 Å². The second-order valence-electron chi connectivity index (χ2n) is 5.29. The summed E-state index contributed by atoms with van der Waals surface area (Å²) in [5.41, 5.74) is 6.14. The Morgan fingerprint density at radius 3 is 2.36 bits per heavy atom. The summed E-state index contributed by atoms with van der Waals surface area (Å²) in [4.78, 5) is 36.4. The number of urea groups is 1. The largest absolute Gasteiger partial charge is 0.351 e. The van der Waals surface area contributed by atoms with Gasteiger partial charge in [-0.05, 0) is 42.5 Å². The van der Waals surface area contributed by atoms with Crippen LogP contribution in [0.4, 0.5) is 20.6 Å². The lowest BCUT2D eigenvalue weighted by Gasteiger charge is -2.17. The highest BCUT2D eigenvalue weighted by atomic mass is 19.1. The Bertz CT molecular complexity index is 793. The number of amides is 4. The lowest BCUT2D eigenvalue weighted by Crippen LogP contribution is -2.35. The van der Waals surface area contributed by atoms with E-state index in [4.69, 9.17) is 5.73 Å². The molecule has 8 heteroatoms. The summed E-state index contributed by atoms with van der Waals surface area (Å²) in [5.74, 6) is -1.23. The number of halogens is 1. The Balaban J connectivity index is 1.98. The maximum atomic E-state index is 12.8. The van der Waals surface area contributed by atoms with E-state index in [1.807, 2.05) is 0 Å². The van der Waals surface area contributed by atoms with Gasteiger partial charge in [-0.2, -0.15) is 0 Å². The third-order valence-electron chi connectivity index (χ3n) is 3.23. The van der Waals surface area contributed by atoms with Gasteiger partial charge in [0.1, 0.15) is 5.82 Å². The van der Waals surface area contributed by atoms with Crippen LogP contribution in [0.5, 0.6) is 0 Å². The van der Waals surface area contributed by atoms with Crippen molar-refractivity contribution in [1.82, 2.24) is 4.90 Å². The predicted octanol–water partition coefficient (Wildman–Crippen LogP) is 2.03. The van der Waals surface area contributed by atoms with Crippen molar-refractivity contribution in [2.75, 3.05) is 24.2 Å². The smallest absolute Gasteiger partial charge is 0.316 e. The van der Waals surface area contributed by atoms with Crippen molar-refractivity contribution in [2.24, 2.45) is 5.73 Å². The van der Waals surface area contributed by atoms with Crippen LogP contribution in [0.1, 0.15) is 10.4 Å². The van der Waals surface area contributed by atoms with E-state index in [2.05, 4.69) is 10.6 Å². The molecule has 0 fully saturated rings. The molecule has 0 heterocycles. The van der Waals surface area contributed by atoms with Crippen molar-refractivity contribution in [1.29, 1.82) is 0 Å². The van der Waals surface area contributed by atoms with Crippen molar-refractivity contribution < 1.29 is 18.8 Å². The Labute approximate surface area is 143 Å². The second-order valence-corrected chi connectivity index (χ2v) is 5.29. The molecule has 4 amide bonds. The summed E-state index contributed by atoms with van der Waals surface area (Å²) in [5, 5.41) is 4.95. The first-order chi connectivity index (χ1) is 11.8. The third-order valence-corrected chi connectivity index (χ3v) is 3.23. The van der Waals surface area contributed by atoms with Crippen LogP contribution in [0.25, 0.3) is 0 Å². The highest BCUT2D eigenvalue weighted by Crippen LogP contribution is 2.13. The maximum absolute atomic E-state index is 12.8. The van der Waals surface area contributed by atoms with E-state index in [1.165, 1.54) is 42.3 Å². The Morgan fingerprint density at radius 2 is 1.72 bits per heavy atom. The highest BCUT2D eigenvalue weighted by Gasteiger charge is 2.15. The van der Waals surface area contributed by atoms with Gasteiger partial charge in [0.05, 0.1) is 6.54 Å². The van der Waals surface area contributed by atoms with Gasteiger partial charge in [-0.15, -0.1) is 0 Å². The normalized spacial score (nSPS) is 10.0. The molecule has 0 aliphatic heterocycles. The topological polar surface area (TPSA) is 105 Å². The molecule has 4 N–H and O–H groups in total. The number of carbonyl (C=O) groups is 3. The number of hydrogen-bond donors (Lipinski definition) is 3. The number of anilines is 2. The maximum Gasteiger partial charge on any atom is 0.316 e. The Hall–Kier alpha value is -3.42. The minimum absolute atomic E-state index is 0.191. The number of hydrogen-bond acceptors (Lipinski definition) is 3. The summed E-state index contributed by atoms with van der Waals surface area (Å²) in [7, 11) is 1.47. The number of carbonyl (C=O) groups excluding carboxylic acids is 3. The van der Waals surface area contributed by atoms with Crippen LogP contribution >= 0.6 is 0 Å². The molecule has 0 spiro atoms. The minimum Gasteiger partial charge on any atom is -0.351 e. The molecular weight excluding hydrogens is 327 g/mol. The molecule has 2 aromatic carbocycles. The van der Waals surface area contributed by atoms with Crippen LogP contribution in [-0.2, 0) is 4.79 Å². The van der Waals surface area contributed by atoms with Gasteiger partial charge in [0.25, 0.3) is 5.91 Å².